The van der Waals surface area contributed by atoms with Gasteiger partial charge in [-0.25, -0.2) is 0 Å². The van der Waals surface area contributed by atoms with Crippen LogP contribution in [-0.2, 0) is 9.53 Å². The Kier molecular flexibility index (Phi) is 2.71. The molecule has 5 aliphatic rings. The fourth-order valence-corrected chi connectivity index (χ4v) is 7.56. The number of ether oxygens (including phenoxy) is 1. The quantitative estimate of drug-likeness (QED) is 0.690. The summed E-state index contributed by atoms with van der Waals surface area (Å²) in [5, 5.41) is 11.0. The van der Waals surface area contributed by atoms with E-state index in [-0.39, 0.29) is 28.5 Å². The lowest BCUT2D eigenvalue weighted by atomic mass is 9.45. The van der Waals surface area contributed by atoms with Crippen LogP contribution in [0.2, 0.25) is 0 Å². The van der Waals surface area contributed by atoms with Crippen molar-refractivity contribution in [2.75, 3.05) is 0 Å². The van der Waals surface area contributed by atoms with Gasteiger partial charge in [-0.2, -0.15) is 0 Å². The molecule has 24 heavy (non-hydrogen) atoms. The maximum Gasteiger partial charge on any atom is 0.158 e. The van der Waals surface area contributed by atoms with Crippen molar-refractivity contribution in [3.05, 3.63) is 11.6 Å². The topological polar surface area (TPSA) is 49.8 Å². The summed E-state index contributed by atoms with van der Waals surface area (Å²) in [6.45, 7) is 8.78. The van der Waals surface area contributed by atoms with Crippen LogP contribution in [0, 0.1) is 28.6 Å². The van der Waals surface area contributed by atoms with E-state index in [1.165, 1.54) is 5.57 Å². The van der Waals surface area contributed by atoms with E-state index in [0.29, 0.717) is 17.6 Å². The summed E-state index contributed by atoms with van der Waals surface area (Å²) < 4.78 is 6.56. The number of rotatable bonds is 0. The molecule has 0 aromatic heterocycles. The van der Waals surface area contributed by atoms with E-state index in [0.717, 1.165) is 38.5 Å². The third-order valence-corrected chi connectivity index (χ3v) is 9.21. The Bertz CT molecular complexity index is 664. The summed E-state index contributed by atoms with van der Waals surface area (Å²) in [6, 6.07) is 0. The average Bonchev–Trinajstić information content (AvgIpc) is 3.15. The second-order valence-corrected chi connectivity index (χ2v) is 10.1. The predicted octanol–water partition coefficient (Wildman–Crippen LogP) is 3.65. The molecule has 4 aliphatic carbocycles. The number of epoxide rings is 1. The largest absolute Gasteiger partial charge is 0.390 e. The van der Waals surface area contributed by atoms with Gasteiger partial charge in [-0.05, 0) is 63.4 Å². The molecule has 1 aliphatic heterocycles. The van der Waals surface area contributed by atoms with E-state index in [1.54, 1.807) is 0 Å². The number of hydrogen-bond donors (Lipinski definition) is 1. The molecule has 1 spiro atoms. The van der Waals surface area contributed by atoms with Gasteiger partial charge in [0.15, 0.2) is 5.78 Å². The highest BCUT2D eigenvalue weighted by Gasteiger charge is 2.80. The van der Waals surface area contributed by atoms with Crippen LogP contribution in [0.4, 0.5) is 0 Å². The van der Waals surface area contributed by atoms with E-state index >= 15 is 0 Å². The normalized spacial score (nSPS) is 61.4. The minimum atomic E-state index is -0.567. The van der Waals surface area contributed by atoms with Crippen molar-refractivity contribution in [3.63, 3.8) is 0 Å². The minimum absolute atomic E-state index is 0.0175. The number of carbonyl (C=O) groups excluding carboxylic acids is 1. The van der Waals surface area contributed by atoms with Gasteiger partial charge in [0.1, 0.15) is 5.60 Å². The molecule has 0 amide bonds. The Balaban J connectivity index is 1.60. The van der Waals surface area contributed by atoms with Crippen molar-refractivity contribution in [2.45, 2.75) is 83.5 Å². The molecule has 8 atom stereocenters. The average molecular weight is 330 g/mol. The molecule has 132 valence electrons. The number of carbonyl (C=O) groups is 1. The first-order chi connectivity index (χ1) is 11.2. The Morgan fingerprint density at radius 2 is 1.92 bits per heavy atom. The van der Waals surface area contributed by atoms with Crippen LogP contribution in [0.15, 0.2) is 11.6 Å². The third-order valence-electron chi connectivity index (χ3n) is 9.21. The second-order valence-electron chi connectivity index (χ2n) is 10.1. The fourth-order valence-electron chi connectivity index (χ4n) is 7.56. The molecule has 1 heterocycles. The lowest BCUT2D eigenvalue weighted by Crippen LogP contribution is -2.60. The molecule has 3 nitrogen and oxygen atoms in total. The highest BCUT2D eigenvalue weighted by molar-refractivity contribution is 5.93. The lowest BCUT2D eigenvalue weighted by Gasteiger charge is -2.57. The molecule has 0 radical (unpaired) electrons. The van der Waals surface area contributed by atoms with Crippen molar-refractivity contribution in [1.82, 2.24) is 0 Å². The number of ketones is 1. The van der Waals surface area contributed by atoms with Gasteiger partial charge in [0.05, 0.1) is 11.7 Å². The van der Waals surface area contributed by atoms with Crippen LogP contribution in [0.3, 0.4) is 0 Å². The third kappa shape index (κ3) is 1.47. The summed E-state index contributed by atoms with van der Waals surface area (Å²) in [6.07, 6.45) is 8.33. The Morgan fingerprint density at radius 3 is 2.67 bits per heavy atom. The van der Waals surface area contributed by atoms with Crippen molar-refractivity contribution in [3.8, 4) is 0 Å². The summed E-state index contributed by atoms with van der Waals surface area (Å²) in [7, 11) is 0. The Morgan fingerprint density at radius 1 is 1.17 bits per heavy atom. The molecule has 0 aromatic rings. The van der Waals surface area contributed by atoms with Crippen molar-refractivity contribution in [1.29, 1.82) is 0 Å². The number of fused-ring (bicyclic) bond motifs is 3. The molecule has 1 saturated heterocycles. The first-order valence-corrected chi connectivity index (χ1v) is 9.81. The first-order valence-electron chi connectivity index (χ1n) is 9.81. The molecule has 0 aromatic carbocycles. The van der Waals surface area contributed by atoms with Gasteiger partial charge in [0.2, 0.25) is 0 Å². The maximum atomic E-state index is 12.2. The molecule has 3 saturated carbocycles. The van der Waals surface area contributed by atoms with E-state index in [1.807, 2.05) is 13.0 Å². The van der Waals surface area contributed by atoms with Crippen molar-refractivity contribution >= 4 is 5.78 Å². The van der Waals surface area contributed by atoms with E-state index < -0.39 is 5.60 Å². The van der Waals surface area contributed by atoms with E-state index in [4.69, 9.17) is 4.74 Å². The first kappa shape index (κ1) is 15.6. The highest BCUT2D eigenvalue weighted by Crippen LogP contribution is 2.76. The molecule has 1 N–H and O–H groups in total. The van der Waals surface area contributed by atoms with E-state index in [2.05, 4.69) is 20.8 Å². The molecule has 4 fully saturated rings. The number of hydrogen-bond acceptors (Lipinski definition) is 3. The lowest BCUT2D eigenvalue weighted by molar-refractivity contribution is -0.123. The van der Waals surface area contributed by atoms with Crippen LogP contribution in [-0.4, -0.2) is 28.2 Å². The van der Waals surface area contributed by atoms with Gasteiger partial charge in [-0.1, -0.05) is 26.3 Å². The summed E-state index contributed by atoms with van der Waals surface area (Å²) in [5.74, 6) is 1.51. The van der Waals surface area contributed by atoms with Gasteiger partial charge < -0.3 is 9.84 Å². The van der Waals surface area contributed by atoms with Crippen molar-refractivity contribution in [2.24, 2.45) is 28.6 Å². The van der Waals surface area contributed by atoms with Gasteiger partial charge in [-0.3, -0.25) is 4.79 Å². The van der Waals surface area contributed by atoms with Gasteiger partial charge in [0.25, 0.3) is 0 Å². The van der Waals surface area contributed by atoms with Crippen LogP contribution in [0.5, 0.6) is 0 Å². The van der Waals surface area contributed by atoms with E-state index in [9.17, 15) is 9.90 Å². The van der Waals surface area contributed by atoms with Crippen LogP contribution in [0.25, 0.3) is 0 Å². The van der Waals surface area contributed by atoms with Crippen LogP contribution in [0.1, 0.15) is 66.2 Å². The zero-order chi connectivity index (χ0) is 17.1. The van der Waals surface area contributed by atoms with Gasteiger partial charge in [-0.15, -0.1) is 0 Å². The highest BCUT2D eigenvalue weighted by atomic mass is 16.6. The fraction of sp³-hybridized carbons (Fsp3) is 0.857. The molecule has 5 rings (SSSR count). The molecule has 0 bridgehead atoms. The van der Waals surface area contributed by atoms with Crippen LogP contribution >= 0.6 is 0 Å². The van der Waals surface area contributed by atoms with Gasteiger partial charge >= 0.3 is 0 Å². The summed E-state index contributed by atoms with van der Waals surface area (Å²) in [5.41, 5.74) is 0.719. The summed E-state index contributed by atoms with van der Waals surface area (Å²) in [4.78, 5) is 12.2. The Hall–Kier alpha value is -0.670. The molecule has 3 heteroatoms. The predicted molar refractivity (Wildman–Crippen MR) is 91.4 cm³/mol. The van der Waals surface area contributed by atoms with Crippen LogP contribution < -0.4 is 0 Å². The second kappa shape index (κ2) is 4.17. The van der Waals surface area contributed by atoms with Crippen molar-refractivity contribution < 1.29 is 14.6 Å². The number of aliphatic hydroxyl groups is 1. The van der Waals surface area contributed by atoms with Gasteiger partial charge in [0, 0.05) is 16.7 Å². The SMILES string of the molecule is C[C@@H]1C[C@@]2(C)C(=CC1=O)CC[C@H]1[C@@H]3CC[C@](C)(O)[C@@]3(C)C[C@@H]3O[C@@]312. The zero-order valence-corrected chi connectivity index (χ0v) is 15.4. The smallest absolute Gasteiger partial charge is 0.158 e. The standard InChI is InChI=1S/C21H30O3/c1-12-10-18(2)13(9-16(12)22)5-6-15-14-7-8-20(4,23)19(14,3)11-17-21(15,18)24-17/h9,12,14-15,17,23H,5-8,10-11H2,1-4H3/t12-,14+,15+,17+,18+,19+,20+,21-/m1/s1. The summed E-state index contributed by atoms with van der Waals surface area (Å²) >= 11 is 0. The minimum Gasteiger partial charge on any atom is -0.390 e. The monoisotopic (exact) mass is 330 g/mol. The molecular weight excluding hydrogens is 300 g/mol. The molecule has 0 unspecified atom stereocenters. The zero-order valence-electron chi connectivity index (χ0n) is 15.4. The molecular formula is C21H30O3. The Labute approximate surface area is 144 Å². The maximum absolute atomic E-state index is 12.2.